The molecule has 1 aliphatic heterocycles. The molecule has 0 unspecified atom stereocenters. The molecule has 1 aliphatic rings. The Kier molecular flexibility index (Phi) is 4.28. The van der Waals surface area contributed by atoms with Crippen LogP contribution in [0, 0.1) is 0 Å². The van der Waals surface area contributed by atoms with Crippen LogP contribution in [0.4, 0.5) is 0 Å². The zero-order valence-electron chi connectivity index (χ0n) is 14.9. The Labute approximate surface area is 153 Å². The minimum absolute atomic E-state index is 0.315. The van der Waals surface area contributed by atoms with Crippen molar-refractivity contribution in [1.82, 2.24) is 19.9 Å². The smallest absolute Gasteiger partial charge is 0.175 e. The first-order chi connectivity index (χ1) is 12.4. The number of aryl methyl sites for hydroxylation is 1. The van der Waals surface area contributed by atoms with Crippen molar-refractivity contribution < 1.29 is 8.42 Å². The molecule has 1 aromatic carbocycles. The molecule has 0 radical (unpaired) electrons. The molecule has 2 aromatic heterocycles. The van der Waals surface area contributed by atoms with E-state index in [9.17, 15) is 8.42 Å². The highest BCUT2D eigenvalue weighted by molar-refractivity contribution is 7.90. The van der Waals surface area contributed by atoms with Crippen molar-refractivity contribution in [2.24, 2.45) is 7.05 Å². The fraction of sp³-hybridized carbons (Fsp3) is 0.368. The summed E-state index contributed by atoms with van der Waals surface area (Å²) < 4.78 is 25.3. The average Bonchev–Trinajstić information content (AvgIpc) is 2.98. The Morgan fingerprint density at radius 3 is 2.50 bits per heavy atom. The van der Waals surface area contributed by atoms with Crippen LogP contribution in [0.3, 0.4) is 0 Å². The summed E-state index contributed by atoms with van der Waals surface area (Å²) in [5, 5.41) is 3.39. The van der Waals surface area contributed by atoms with Gasteiger partial charge in [0.2, 0.25) is 0 Å². The molecule has 0 amide bonds. The monoisotopic (exact) mass is 370 g/mol. The van der Waals surface area contributed by atoms with Crippen molar-refractivity contribution in [2.75, 3.05) is 19.3 Å². The number of hydrogen-bond donors (Lipinski definition) is 1. The number of sulfone groups is 1. The number of aromatic nitrogens is 3. The molecule has 0 bridgehead atoms. The van der Waals surface area contributed by atoms with E-state index < -0.39 is 9.84 Å². The van der Waals surface area contributed by atoms with Crippen molar-refractivity contribution in [2.45, 2.75) is 23.7 Å². The Morgan fingerprint density at radius 1 is 1.15 bits per heavy atom. The highest BCUT2D eigenvalue weighted by Gasteiger charge is 2.19. The quantitative estimate of drug-likeness (QED) is 0.767. The molecule has 26 heavy (non-hydrogen) atoms. The largest absolute Gasteiger partial charge is 0.327 e. The first-order valence-electron chi connectivity index (χ1n) is 8.77. The van der Waals surface area contributed by atoms with Crippen LogP contribution in [0.5, 0.6) is 0 Å². The van der Waals surface area contributed by atoms with Crippen LogP contribution in [0.25, 0.3) is 22.4 Å². The summed E-state index contributed by atoms with van der Waals surface area (Å²) >= 11 is 0. The van der Waals surface area contributed by atoms with E-state index in [2.05, 4.69) is 20.9 Å². The van der Waals surface area contributed by atoms with Gasteiger partial charge in [-0.3, -0.25) is 4.98 Å². The van der Waals surface area contributed by atoms with E-state index in [0.717, 1.165) is 54.0 Å². The van der Waals surface area contributed by atoms with Crippen LogP contribution in [-0.2, 0) is 16.9 Å². The molecule has 1 fully saturated rings. The van der Waals surface area contributed by atoms with Gasteiger partial charge in [0.25, 0.3) is 0 Å². The van der Waals surface area contributed by atoms with Gasteiger partial charge in [-0.15, -0.1) is 0 Å². The van der Waals surface area contributed by atoms with Crippen molar-refractivity contribution in [3.8, 4) is 11.4 Å². The first-order valence-corrected chi connectivity index (χ1v) is 10.7. The standard InChI is InChI=1S/C19H22N4O2S/c1-23-18-11-16(13-7-9-20-10-8-13)21-12-17(18)22-19(23)14-3-5-15(6-4-14)26(2,24)25/h3-6,11-13,20H,7-10H2,1-2H3. The lowest BCUT2D eigenvalue weighted by atomic mass is 9.94. The van der Waals surface area contributed by atoms with E-state index in [1.54, 1.807) is 24.3 Å². The molecule has 6 nitrogen and oxygen atoms in total. The number of hydrogen-bond acceptors (Lipinski definition) is 5. The first kappa shape index (κ1) is 17.2. The van der Waals surface area contributed by atoms with Gasteiger partial charge in [0.05, 0.1) is 16.6 Å². The highest BCUT2D eigenvalue weighted by Crippen LogP contribution is 2.29. The molecule has 7 heteroatoms. The zero-order valence-corrected chi connectivity index (χ0v) is 15.8. The maximum atomic E-state index is 11.6. The van der Waals surface area contributed by atoms with E-state index in [1.807, 2.05) is 13.2 Å². The van der Waals surface area contributed by atoms with E-state index in [4.69, 9.17) is 4.98 Å². The van der Waals surface area contributed by atoms with Crippen LogP contribution in [0.1, 0.15) is 24.5 Å². The van der Waals surface area contributed by atoms with Gasteiger partial charge in [-0.2, -0.15) is 0 Å². The van der Waals surface area contributed by atoms with Crippen molar-refractivity contribution in [3.63, 3.8) is 0 Å². The zero-order chi connectivity index (χ0) is 18.3. The third kappa shape index (κ3) is 3.12. The van der Waals surface area contributed by atoms with E-state index in [1.165, 1.54) is 6.26 Å². The number of benzene rings is 1. The predicted octanol–water partition coefficient (Wildman–Crippen LogP) is 2.51. The second kappa shape index (κ2) is 6.48. The van der Waals surface area contributed by atoms with Gasteiger partial charge in [-0.25, -0.2) is 13.4 Å². The van der Waals surface area contributed by atoms with Gasteiger partial charge in [-0.05, 0) is 56.3 Å². The predicted molar refractivity (Wildman–Crippen MR) is 102 cm³/mol. The average molecular weight is 370 g/mol. The SMILES string of the molecule is Cn1c(-c2ccc(S(C)(=O)=O)cc2)nc2cnc(C3CCNCC3)cc21. The van der Waals surface area contributed by atoms with Crippen LogP contribution in [-0.4, -0.2) is 42.3 Å². The molecule has 0 aliphatic carbocycles. The molecule has 4 rings (SSSR count). The van der Waals surface area contributed by atoms with Crippen molar-refractivity contribution in [3.05, 3.63) is 42.2 Å². The molecular weight excluding hydrogens is 348 g/mol. The maximum Gasteiger partial charge on any atom is 0.175 e. The summed E-state index contributed by atoms with van der Waals surface area (Å²) in [6.45, 7) is 2.07. The third-order valence-electron chi connectivity index (χ3n) is 5.09. The Balaban J connectivity index is 1.73. The van der Waals surface area contributed by atoms with Crippen LogP contribution in [0.2, 0.25) is 0 Å². The number of nitrogens with zero attached hydrogens (tertiary/aromatic N) is 3. The van der Waals surface area contributed by atoms with Gasteiger partial charge in [0.15, 0.2) is 9.84 Å². The van der Waals surface area contributed by atoms with E-state index in [-0.39, 0.29) is 0 Å². The summed E-state index contributed by atoms with van der Waals surface area (Å²) in [7, 11) is -1.21. The lowest BCUT2D eigenvalue weighted by Crippen LogP contribution is -2.27. The molecule has 0 saturated carbocycles. The molecule has 0 atom stereocenters. The van der Waals surface area contributed by atoms with Crippen molar-refractivity contribution in [1.29, 1.82) is 0 Å². The number of rotatable bonds is 3. The van der Waals surface area contributed by atoms with Gasteiger partial charge >= 0.3 is 0 Å². The van der Waals surface area contributed by atoms with Crippen LogP contribution >= 0.6 is 0 Å². The maximum absolute atomic E-state index is 11.6. The number of piperidine rings is 1. The molecule has 0 spiro atoms. The lowest BCUT2D eigenvalue weighted by molar-refractivity contribution is 0.453. The second-order valence-electron chi connectivity index (χ2n) is 6.91. The van der Waals surface area contributed by atoms with E-state index in [0.29, 0.717) is 10.8 Å². The van der Waals surface area contributed by atoms with Gasteiger partial charge in [-0.1, -0.05) is 0 Å². The summed E-state index contributed by atoms with van der Waals surface area (Å²) in [5.74, 6) is 1.30. The normalized spacial score (nSPS) is 16.2. The van der Waals surface area contributed by atoms with Gasteiger partial charge in [0, 0.05) is 30.5 Å². The number of imidazole rings is 1. The summed E-state index contributed by atoms with van der Waals surface area (Å²) in [6.07, 6.45) is 5.28. The Morgan fingerprint density at radius 2 is 1.85 bits per heavy atom. The summed E-state index contributed by atoms with van der Waals surface area (Å²) in [4.78, 5) is 9.66. The highest BCUT2D eigenvalue weighted by atomic mass is 32.2. The van der Waals surface area contributed by atoms with Crippen LogP contribution in [0.15, 0.2) is 41.4 Å². The fourth-order valence-electron chi connectivity index (χ4n) is 3.56. The molecule has 3 heterocycles. The summed E-state index contributed by atoms with van der Waals surface area (Å²) in [6, 6.07) is 9.01. The summed E-state index contributed by atoms with van der Waals surface area (Å²) in [5.41, 5.74) is 3.92. The third-order valence-corrected chi connectivity index (χ3v) is 6.21. The Hall–Kier alpha value is -2.25. The Bertz CT molecular complexity index is 1050. The topological polar surface area (TPSA) is 76.9 Å². The minimum atomic E-state index is -3.20. The van der Waals surface area contributed by atoms with Gasteiger partial charge in [0.1, 0.15) is 11.3 Å². The fourth-order valence-corrected chi connectivity index (χ4v) is 4.19. The number of nitrogens with one attached hydrogen (secondary N) is 1. The van der Waals surface area contributed by atoms with Gasteiger partial charge < -0.3 is 9.88 Å². The lowest BCUT2D eigenvalue weighted by Gasteiger charge is -2.22. The molecule has 1 N–H and O–H groups in total. The van der Waals surface area contributed by atoms with E-state index >= 15 is 0 Å². The molecular formula is C19H22N4O2S. The second-order valence-corrected chi connectivity index (χ2v) is 8.93. The van der Waals surface area contributed by atoms with Crippen LogP contribution < -0.4 is 5.32 Å². The number of fused-ring (bicyclic) bond motifs is 1. The minimum Gasteiger partial charge on any atom is -0.327 e. The number of pyridine rings is 1. The molecule has 1 saturated heterocycles. The molecule has 136 valence electrons. The van der Waals surface area contributed by atoms with Crippen molar-refractivity contribution >= 4 is 20.9 Å². The molecule has 3 aromatic rings.